The van der Waals surface area contributed by atoms with E-state index in [9.17, 15) is 9.59 Å². The monoisotopic (exact) mass is 438 g/mol. The number of benzene rings is 3. The maximum absolute atomic E-state index is 10.6. The fraction of sp³-hybridized carbons (Fsp3) is 0.310. The molecule has 176 valence electrons. The van der Waals surface area contributed by atoms with Crippen molar-refractivity contribution in [3.63, 3.8) is 0 Å². The van der Waals surface area contributed by atoms with Gasteiger partial charge in [0, 0.05) is 5.56 Å². The highest BCUT2D eigenvalue weighted by Crippen LogP contribution is 1.98. The van der Waals surface area contributed by atoms with Gasteiger partial charge in [0.2, 0.25) is 0 Å². The highest BCUT2D eigenvalue weighted by Gasteiger charge is 1.96. The lowest BCUT2D eigenvalue weighted by molar-refractivity contribution is 0.0696. The molecule has 0 saturated heterocycles. The predicted molar refractivity (Wildman–Crippen MR) is 140 cm³/mol. The molecule has 0 aliphatic rings. The summed E-state index contributed by atoms with van der Waals surface area (Å²) in [5.41, 5.74) is 2.52. The third-order valence-electron chi connectivity index (χ3n) is 3.45. The average molecular weight is 439 g/mol. The summed E-state index contributed by atoms with van der Waals surface area (Å²) in [6.07, 6.45) is 1.14. The lowest BCUT2D eigenvalue weighted by Crippen LogP contribution is -1.93. The second-order valence-electron chi connectivity index (χ2n) is 5.43. The van der Waals surface area contributed by atoms with Gasteiger partial charge in [-0.15, -0.1) is 0 Å². The Hall–Kier alpha value is -3.20. The van der Waals surface area contributed by atoms with Crippen LogP contribution in [0.4, 0.5) is 0 Å². The van der Waals surface area contributed by atoms with Gasteiger partial charge in [-0.25, -0.2) is 4.79 Å². The molecule has 0 fully saturated rings. The fourth-order valence-corrected chi connectivity index (χ4v) is 1.97. The van der Waals surface area contributed by atoms with E-state index in [1.165, 1.54) is 5.56 Å². The Morgan fingerprint density at radius 3 is 1.09 bits per heavy atom. The van der Waals surface area contributed by atoms with Gasteiger partial charge in [0.1, 0.15) is 0 Å². The molecule has 0 heterocycles. The molecule has 3 rings (SSSR count). The quantitative estimate of drug-likeness (QED) is 0.416. The Balaban J connectivity index is -0.000000353. The molecule has 3 heteroatoms. The van der Waals surface area contributed by atoms with Crippen LogP contribution in [0.1, 0.15) is 81.7 Å². The molecule has 3 aromatic rings. The molecule has 0 spiro atoms. The van der Waals surface area contributed by atoms with Gasteiger partial charge in [-0.2, -0.15) is 0 Å². The summed E-state index contributed by atoms with van der Waals surface area (Å²) in [5.74, 6) is -0.758. The van der Waals surface area contributed by atoms with E-state index in [1.807, 2.05) is 77.9 Å². The molecule has 3 nitrogen and oxygen atoms in total. The number of Topliss-reactive ketones (excluding diaryl/α,β-unsaturated/α-hetero) is 1. The third-order valence-corrected chi connectivity index (χ3v) is 3.45. The number of carboxylic acids is 1. The molecule has 0 bridgehead atoms. The first kappa shape index (κ1) is 33.4. The van der Waals surface area contributed by atoms with Crippen LogP contribution in [0.3, 0.4) is 0 Å². The molecule has 0 amide bonds. The summed E-state index contributed by atoms with van der Waals surface area (Å²) in [4.78, 5) is 20.8. The zero-order chi connectivity index (χ0) is 25.2. The molecule has 3 aromatic carbocycles. The molecule has 0 unspecified atom stereocenters. The summed E-state index contributed by atoms with van der Waals surface area (Å²) in [5, 5.41) is 8.38. The molecule has 32 heavy (non-hydrogen) atoms. The summed E-state index contributed by atoms with van der Waals surface area (Å²) < 4.78 is 0. The number of ketones is 1. The minimum absolute atomic E-state index is 0.121. The molecule has 0 aliphatic heterocycles. The first-order valence-corrected chi connectivity index (χ1v) is 11.4. The Kier molecular flexibility index (Phi) is 27.0. The van der Waals surface area contributed by atoms with E-state index in [0.29, 0.717) is 5.56 Å². The van der Waals surface area contributed by atoms with Crippen LogP contribution in [0.2, 0.25) is 0 Å². The van der Waals surface area contributed by atoms with Crippen LogP contribution in [-0.2, 0) is 6.42 Å². The number of aromatic carboxylic acids is 1. The van der Waals surface area contributed by atoms with Crippen molar-refractivity contribution in [2.45, 2.75) is 61.8 Å². The van der Waals surface area contributed by atoms with Crippen molar-refractivity contribution in [1.82, 2.24) is 0 Å². The Bertz CT molecular complexity index is 718. The minimum atomic E-state index is -0.879. The smallest absolute Gasteiger partial charge is 0.335 e. The van der Waals surface area contributed by atoms with Crippen molar-refractivity contribution < 1.29 is 14.7 Å². The minimum Gasteiger partial charge on any atom is -0.478 e. The topological polar surface area (TPSA) is 54.4 Å². The zero-order valence-electron chi connectivity index (χ0n) is 21.1. The van der Waals surface area contributed by atoms with Crippen LogP contribution in [0.15, 0.2) is 91.0 Å². The number of aryl methyl sites for hydroxylation is 1. The lowest BCUT2D eigenvalue weighted by atomic mass is 10.2. The van der Waals surface area contributed by atoms with Crippen LogP contribution in [0.5, 0.6) is 0 Å². The van der Waals surface area contributed by atoms with E-state index in [4.69, 9.17) is 5.11 Å². The fourth-order valence-electron chi connectivity index (χ4n) is 1.97. The molecule has 1 N–H and O–H groups in total. The van der Waals surface area contributed by atoms with Crippen molar-refractivity contribution in [2.24, 2.45) is 0 Å². The first-order chi connectivity index (χ1) is 15.5. The van der Waals surface area contributed by atoms with Crippen molar-refractivity contribution in [3.05, 3.63) is 108 Å². The van der Waals surface area contributed by atoms with Gasteiger partial charge in [0.25, 0.3) is 0 Å². The summed E-state index contributed by atoms with van der Waals surface area (Å²) in [6.45, 7) is 15.7. The standard InChI is InChI=1S/C8H8O.C8H10.C7H6O2.3C2H6/c1-7(9)8-5-3-2-4-6-8;1-2-8-6-4-3-5-7-8;8-7(9)6-4-2-1-3-5-6;3*1-2/h2-6H,1H3;3-7H,2H2,1H3;1-5H,(H,8,9);3*1-2H3. The number of carboxylic acid groups (broad SMARTS) is 1. The number of hydrogen-bond acceptors (Lipinski definition) is 2. The highest BCUT2D eigenvalue weighted by molar-refractivity contribution is 5.93. The first-order valence-electron chi connectivity index (χ1n) is 11.4. The molecular weight excluding hydrogens is 396 g/mol. The Labute approximate surface area is 196 Å². The predicted octanol–water partition coefficient (Wildman–Crippen LogP) is 8.60. The van der Waals surface area contributed by atoms with E-state index in [0.717, 1.165) is 12.0 Å². The molecule has 0 saturated carbocycles. The van der Waals surface area contributed by atoms with E-state index < -0.39 is 5.97 Å². The van der Waals surface area contributed by atoms with Gasteiger partial charge < -0.3 is 5.11 Å². The zero-order valence-corrected chi connectivity index (χ0v) is 21.1. The number of carbonyl (C=O) groups is 2. The second-order valence-corrected chi connectivity index (χ2v) is 5.43. The van der Waals surface area contributed by atoms with Crippen molar-refractivity contribution in [3.8, 4) is 0 Å². The van der Waals surface area contributed by atoms with Gasteiger partial charge in [-0.3, -0.25) is 4.79 Å². The van der Waals surface area contributed by atoms with Gasteiger partial charge in [0.15, 0.2) is 5.78 Å². The second kappa shape index (κ2) is 25.8. The van der Waals surface area contributed by atoms with Crippen molar-refractivity contribution in [2.75, 3.05) is 0 Å². The Morgan fingerprint density at radius 2 is 0.906 bits per heavy atom. The summed E-state index contributed by atoms with van der Waals surface area (Å²) in [6, 6.07) is 28.0. The molecule has 0 aromatic heterocycles. The lowest BCUT2D eigenvalue weighted by Gasteiger charge is -1.89. The van der Waals surface area contributed by atoms with Crippen LogP contribution in [0, 0.1) is 0 Å². The van der Waals surface area contributed by atoms with E-state index in [1.54, 1.807) is 37.3 Å². The molecule has 0 aliphatic carbocycles. The van der Waals surface area contributed by atoms with Gasteiger partial charge in [0.05, 0.1) is 5.56 Å². The summed E-state index contributed by atoms with van der Waals surface area (Å²) >= 11 is 0. The largest absolute Gasteiger partial charge is 0.478 e. The molecule has 0 atom stereocenters. The Morgan fingerprint density at radius 1 is 0.594 bits per heavy atom. The SMILES string of the molecule is CC.CC.CC.CC(=O)c1ccccc1.CCc1ccccc1.O=C(O)c1ccccc1. The van der Waals surface area contributed by atoms with Crippen LogP contribution in [-0.4, -0.2) is 16.9 Å². The summed E-state index contributed by atoms with van der Waals surface area (Å²) in [7, 11) is 0. The molecule has 0 radical (unpaired) electrons. The average Bonchev–Trinajstić information content (AvgIpc) is 2.90. The molecular formula is C29H42O3. The van der Waals surface area contributed by atoms with Gasteiger partial charge in [-0.05, 0) is 31.0 Å². The van der Waals surface area contributed by atoms with Gasteiger partial charge >= 0.3 is 5.97 Å². The third kappa shape index (κ3) is 18.8. The van der Waals surface area contributed by atoms with Crippen molar-refractivity contribution in [1.29, 1.82) is 0 Å². The normalized spacial score (nSPS) is 7.88. The van der Waals surface area contributed by atoms with Gasteiger partial charge in [-0.1, -0.05) is 127 Å². The van der Waals surface area contributed by atoms with Crippen molar-refractivity contribution >= 4 is 11.8 Å². The van der Waals surface area contributed by atoms with E-state index in [-0.39, 0.29) is 5.78 Å². The number of rotatable bonds is 3. The maximum atomic E-state index is 10.6. The van der Waals surface area contributed by atoms with E-state index in [2.05, 4.69) is 31.2 Å². The number of carbonyl (C=O) groups excluding carboxylic acids is 1. The van der Waals surface area contributed by atoms with Crippen LogP contribution < -0.4 is 0 Å². The van der Waals surface area contributed by atoms with Crippen LogP contribution >= 0.6 is 0 Å². The number of hydrogen-bond donors (Lipinski definition) is 1. The highest BCUT2D eigenvalue weighted by atomic mass is 16.4. The maximum Gasteiger partial charge on any atom is 0.335 e. The van der Waals surface area contributed by atoms with Crippen LogP contribution in [0.25, 0.3) is 0 Å². The van der Waals surface area contributed by atoms with E-state index >= 15 is 0 Å².